The summed E-state index contributed by atoms with van der Waals surface area (Å²) in [6.45, 7) is 4.66. The average molecular weight is 339 g/mol. The molecule has 0 bridgehead atoms. The summed E-state index contributed by atoms with van der Waals surface area (Å²) < 4.78 is 10.7. The van der Waals surface area contributed by atoms with E-state index in [1.165, 1.54) is 0 Å². The van der Waals surface area contributed by atoms with E-state index < -0.39 is 0 Å². The summed E-state index contributed by atoms with van der Waals surface area (Å²) >= 11 is 0. The molecule has 0 aliphatic carbocycles. The van der Waals surface area contributed by atoms with Gasteiger partial charge in [-0.25, -0.2) is 9.78 Å². The number of pyridine rings is 1. The first-order chi connectivity index (χ1) is 12.1. The second kappa shape index (κ2) is 7.25. The molecule has 130 valence electrons. The predicted molar refractivity (Wildman–Crippen MR) is 95.6 cm³/mol. The number of rotatable bonds is 5. The standard InChI is InChI=1S/C19H21N3O3/c1-12-9-13(2)22-18(24-3)16(12)11-21-19(23)20-10-14-5-4-6-17-15(14)7-8-25-17/h4-9H,10-11H2,1-3H3,(H2,20,21,23). The van der Waals surface area contributed by atoms with Gasteiger partial charge in [0.15, 0.2) is 0 Å². The van der Waals surface area contributed by atoms with Crippen LogP contribution in [0.1, 0.15) is 22.4 Å². The number of furan rings is 1. The van der Waals surface area contributed by atoms with Crippen molar-refractivity contribution in [1.82, 2.24) is 15.6 Å². The molecule has 3 aromatic rings. The van der Waals surface area contributed by atoms with Crippen molar-refractivity contribution in [3.63, 3.8) is 0 Å². The number of hydrogen-bond acceptors (Lipinski definition) is 4. The fourth-order valence-corrected chi connectivity index (χ4v) is 2.83. The Bertz CT molecular complexity index is 902. The third-order valence-electron chi connectivity index (χ3n) is 4.08. The lowest BCUT2D eigenvalue weighted by Crippen LogP contribution is -2.34. The number of carbonyl (C=O) groups excluding carboxylic acids is 1. The monoisotopic (exact) mass is 339 g/mol. The Morgan fingerprint density at radius 3 is 2.80 bits per heavy atom. The van der Waals surface area contributed by atoms with Crippen LogP contribution >= 0.6 is 0 Å². The molecule has 0 aliphatic heterocycles. The Balaban J connectivity index is 1.61. The molecule has 2 aromatic heterocycles. The fourth-order valence-electron chi connectivity index (χ4n) is 2.83. The van der Waals surface area contributed by atoms with E-state index in [9.17, 15) is 4.79 Å². The minimum atomic E-state index is -0.248. The molecule has 0 saturated carbocycles. The molecule has 0 radical (unpaired) electrons. The Morgan fingerprint density at radius 1 is 1.20 bits per heavy atom. The Hall–Kier alpha value is -3.02. The molecule has 2 amide bonds. The first-order valence-electron chi connectivity index (χ1n) is 8.06. The van der Waals surface area contributed by atoms with Gasteiger partial charge < -0.3 is 19.8 Å². The van der Waals surface area contributed by atoms with Crippen LogP contribution in [0.5, 0.6) is 5.88 Å². The SMILES string of the molecule is COc1nc(C)cc(C)c1CNC(=O)NCc1cccc2occc12. The van der Waals surface area contributed by atoms with Crippen LogP contribution in [0.2, 0.25) is 0 Å². The van der Waals surface area contributed by atoms with E-state index in [0.29, 0.717) is 19.0 Å². The minimum Gasteiger partial charge on any atom is -0.481 e. The van der Waals surface area contributed by atoms with Gasteiger partial charge >= 0.3 is 6.03 Å². The normalized spacial score (nSPS) is 10.7. The van der Waals surface area contributed by atoms with Crippen molar-refractivity contribution in [2.24, 2.45) is 0 Å². The molecular formula is C19H21N3O3. The molecule has 2 heterocycles. The second-order valence-corrected chi connectivity index (χ2v) is 5.85. The van der Waals surface area contributed by atoms with Gasteiger partial charge in [0.2, 0.25) is 5.88 Å². The highest BCUT2D eigenvalue weighted by Gasteiger charge is 2.11. The number of amides is 2. The Kier molecular flexibility index (Phi) is 4.88. The summed E-state index contributed by atoms with van der Waals surface area (Å²) in [5, 5.41) is 6.72. The van der Waals surface area contributed by atoms with Crippen molar-refractivity contribution in [2.45, 2.75) is 26.9 Å². The van der Waals surface area contributed by atoms with Crippen molar-refractivity contribution < 1.29 is 13.9 Å². The lowest BCUT2D eigenvalue weighted by Gasteiger charge is -2.13. The van der Waals surface area contributed by atoms with E-state index >= 15 is 0 Å². The van der Waals surface area contributed by atoms with E-state index in [4.69, 9.17) is 9.15 Å². The zero-order valence-electron chi connectivity index (χ0n) is 14.6. The largest absolute Gasteiger partial charge is 0.481 e. The number of hydrogen-bond donors (Lipinski definition) is 2. The molecule has 0 unspecified atom stereocenters. The third-order valence-corrected chi connectivity index (χ3v) is 4.08. The van der Waals surface area contributed by atoms with Crippen molar-refractivity contribution in [3.8, 4) is 5.88 Å². The van der Waals surface area contributed by atoms with Crippen LogP contribution in [-0.4, -0.2) is 18.1 Å². The van der Waals surface area contributed by atoms with Gasteiger partial charge in [0.1, 0.15) is 5.58 Å². The van der Waals surface area contributed by atoms with Crippen LogP contribution in [0, 0.1) is 13.8 Å². The first-order valence-corrected chi connectivity index (χ1v) is 8.06. The maximum Gasteiger partial charge on any atom is 0.315 e. The number of urea groups is 1. The van der Waals surface area contributed by atoms with Crippen molar-refractivity contribution in [1.29, 1.82) is 0 Å². The molecule has 0 saturated heterocycles. The Morgan fingerprint density at radius 2 is 2.00 bits per heavy atom. The average Bonchev–Trinajstić information content (AvgIpc) is 3.07. The van der Waals surface area contributed by atoms with Crippen LogP contribution in [0.3, 0.4) is 0 Å². The zero-order valence-corrected chi connectivity index (χ0v) is 14.6. The zero-order chi connectivity index (χ0) is 17.8. The van der Waals surface area contributed by atoms with E-state index in [0.717, 1.165) is 33.4 Å². The van der Waals surface area contributed by atoms with Crippen molar-refractivity contribution in [3.05, 3.63) is 59.0 Å². The fraction of sp³-hybridized carbons (Fsp3) is 0.263. The van der Waals surface area contributed by atoms with Gasteiger partial charge in [0.05, 0.1) is 19.9 Å². The lowest BCUT2D eigenvalue weighted by atomic mass is 10.1. The number of methoxy groups -OCH3 is 1. The summed E-state index contributed by atoms with van der Waals surface area (Å²) in [7, 11) is 1.58. The quantitative estimate of drug-likeness (QED) is 0.746. The molecule has 0 fully saturated rings. The molecule has 3 rings (SSSR count). The smallest absolute Gasteiger partial charge is 0.315 e. The number of ether oxygens (including phenoxy) is 1. The Labute approximate surface area is 146 Å². The number of aromatic nitrogens is 1. The van der Waals surface area contributed by atoms with Gasteiger partial charge in [0, 0.05) is 23.2 Å². The summed E-state index contributed by atoms with van der Waals surface area (Å²) in [5.41, 5.74) is 4.61. The summed E-state index contributed by atoms with van der Waals surface area (Å²) in [6, 6.07) is 9.40. The minimum absolute atomic E-state index is 0.248. The number of aryl methyl sites for hydroxylation is 2. The second-order valence-electron chi connectivity index (χ2n) is 5.85. The van der Waals surface area contributed by atoms with Crippen molar-refractivity contribution in [2.75, 3.05) is 7.11 Å². The number of fused-ring (bicyclic) bond motifs is 1. The topological polar surface area (TPSA) is 76.4 Å². The summed E-state index contributed by atoms with van der Waals surface area (Å²) in [4.78, 5) is 16.5. The lowest BCUT2D eigenvalue weighted by molar-refractivity contribution is 0.240. The van der Waals surface area contributed by atoms with E-state index in [1.54, 1.807) is 13.4 Å². The van der Waals surface area contributed by atoms with Crippen molar-refractivity contribution >= 4 is 17.0 Å². The highest BCUT2D eigenvalue weighted by molar-refractivity contribution is 5.81. The highest BCUT2D eigenvalue weighted by Crippen LogP contribution is 2.21. The van der Waals surface area contributed by atoms with E-state index in [1.807, 2.05) is 44.2 Å². The molecule has 25 heavy (non-hydrogen) atoms. The molecule has 2 N–H and O–H groups in total. The van der Waals surface area contributed by atoms with Crippen LogP contribution in [0.25, 0.3) is 11.0 Å². The van der Waals surface area contributed by atoms with Crippen LogP contribution in [-0.2, 0) is 13.1 Å². The van der Waals surface area contributed by atoms with Gasteiger partial charge in [0.25, 0.3) is 0 Å². The van der Waals surface area contributed by atoms with Gasteiger partial charge in [-0.3, -0.25) is 0 Å². The molecule has 0 spiro atoms. The molecule has 0 atom stereocenters. The summed E-state index contributed by atoms with van der Waals surface area (Å²) in [6.07, 6.45) is 1.65. The highest BCUT2D eigenvalue weighted by atomic mass is 16.5. The first kappa shape index (κ1) is 16.8. The number of nitrogens with one attached hydrogen (secondary N) is 2. The van der Waals surface area contributed by atoms with Crippen LogP contribution in [0.15, 0.2) is 41.0 Å². The summed E-state index contributed by atoms with van der Waals surface area (Å²) in [5.74, 6) is 0.543. The molecular weight excluding hydrogens is 318 g/mol. The van der Waals surface area contributed by atoms with Gasteiger partial charge in [-0.05, 0) is 43.2 Å². The van der Waals surface area contributed by atoms with Gasteiger partial charge in [-0.15, -0.1) is 0 Å². The third kappa shape index (κ3) is 3.74. The number of benzene rings is 1. The predicted octanol–water partition coefficient (Wildman–Crippen LogP) is 3.45. The molecule has 6 nitrogen and oxygen atoms in total. The molecule has 1 aromatic carbocycles. The van der Waals surface area contributed by atoms with E-state index in [2.05, 4.69) is 15.6 Å². The molecule has 6 heteroatoms. The number of nitrogens with zero attached hydrogens (tertiary/aromatic N) is 1. The maximum atomic E-state index is 12.1. The van der Waals surface area contributed by atoms with Crippen LogP contribution in [0.4, 0.5) is 4.79 Å². The number of carbonyl (C=O) groups is 1. The van der Waals surface area contributed by atoms with Crippen LogP contribution < -0.4 is 15.4 Å². The van der Waals surface area contributed by atoms with Gasteiger partial charge in [-0.1, -0.05) is 12.1 Å². The van der Waals surface area contributed by atoms with E-state index in [-0.39, 0.29) is 6.03 Å². The maximum absolute atomic E-state index is 12.1. The molecule has 0 aliphatic rings. The van der Waals surface area contributed by atoms with Gasteiger partial charge in [-0.2, -0.15) is 0 Å².